The van der Waals surface area contributed by atoms with E-state index in [1.54, 1.807) is 17.5 Å². The topological polar surface area (TPSA) is 64.7 Å². The molecule has 0 aliphatic rings. The maximum Gasteiger partial charge on any atom is 0.0536 e. The fourth-order valence-corrected chi connectivity index (χ4v) is 5.18. The molecule has 260 valence electrons. The van der Waals surface area contributed by atoms with Crippen molar-refractivity contribution in [1.29, 1.82) is 0 Å². The first-order valence-electron chi connectivity index (χ1n) is 16.7. The number of aryl methyl sites for hydroxylation is 1. The van der Waals surface area contributed by atoms with Crippen LogP contribution in [0.2, 0.25) is 0 Å². The van der Waals surface area contributed by atoms with Gasteiger partial charge in [0.15, 0.2) is 0 Å². The quantitative estimate of drug-likeness (QED) is 0.163. The van der Waals surface area contributed by atoms with E-state index in [-0.39, 0.29) is 0 Å². The van der Waals surface area contributed by atoms with Crippen molar-refractivity contribution in [3.8, 4) is 0 Å². The van der Waals surface area contributed by atoms with Crippen molar-refractivity contribution in [2.45, 2.75) is 105 Å². The van der Waals surface area contributed by atoms with Crippen molar-refractivity contribution >= 4 is 22.9 Å². The molecule has 9 heteroatoms. The number of likely N-dealkylation sites (N-methyl/N-ethyl adjacent to an activating group) is 1. The molecule has 0 saturated heterocycles. The van der Waals surface area contributed by atoms with E-state index < -0.39 is 0 Å². The predicted octanol–water partition coefficient (Wildman–Crippen LogP) is 10.5. The molecule has 0 bridgehead atoms. The molecule has 0 radical (unpaired) electrons. The van der Waals surface area contributed by atoms with Crippen LogP contribution in [0.15, 0.2) is 77.7 Å². The van der Waals surface area contributed by atoms with Crippen LogP contribution in [0, 0.1) is 0 Å². The number of hydrogen-bond donors (Lipinski definition) is 0. The molecule has 0 amide bonds. The zero-order valence-corrected chi connectivity index (χ0v) is 32.9. The summed E-state index contributed by atoms with van der Waals surface area (Å²) in [4.78, 5) is 6.17. The van der Waals surface area contributed by atoms with Gasteiger partial charge in [-0.2, -0.15) is 21.5 Å². The summed E-state index contributed by atoms with van der Waals surface area (Å²) in [5.74, 6) is 3.10. The summed E-state index contributed by atoms with van der Waals surface area (Å²) in [6.07, 6.45) is 13.7. The largest absolute Gasteiger partial charge is 0.308 e. The number of hydrogen-bond acceptors (Lipinski definition) is 7. The van der Waals surface area contributed by atoms with Gasteiger partial charge in [-0.05, 0) is 106 Å². The second-order valence-electron chi connectivity index (χ2n) is 13.4. The molecule has 0 N–H and O–H groups in total. The van der Waals surface area contributed by atoms with Crippen molar-refractivity contribution in [3.63, 3.8) is 0 Å². The van der Waals surface area contributed by atoms with Gasteiger partial charge in [-0.15, -0.1) is 0 Å². The molecule has 0 fully saturated rings. The zero-order chi connectivity index (χ0) is 35.4. The van der Waals surface area contributed by atoms with Gasteiger partial charge < -0.3 is 4.90 Å². The van der Waals surface area contributed by atoms with Crippen LogP contribution in [0.3, 0.4) is 0 Å². The van der Waals surface area contributed by atoms with Gasteiger partial charge in [-0.25, -0.2) is 4.37 Å². The second kappa shape index (κ2) is 23.2. The van der Waals surface area contributed by atoms with Crippen LogP contribution < -0.4 is 0 Å². The molecule has 47 heavy (non-hydrogen) atoms. The fourth-order valence-electron chi connectivity index (χ4n) is 3.66. The molecule has 0 aliphatic heterocycles. The van der Waals surface area contributed by atoms with Crippen molar-refractivity contribution in [1.82, 2.24) is 33.8 Å². The van der Waals surface area contributed by atoms with E-state index in [0.29, 0.717) is 29.6 Å². The van der Waals surface area contributed by atoms with Crippen LogP contribution in [0.25, 0.3) is 0 Å². The Morgan fingerprint density at radius 1 is 0.660 bits per heavy atom. The number of aromatic nitrogens is 6. The van der Waals surface area contributed by atoms with Crippen molar-refractivity contribution < 1.29 is 0 Å². The van der Waals surface area contributed by atoms with Crippen LogP contribution in [0.4, 0.5) is 0 Å². The molecule has 0 atom stereocenters. The van der Waals surface area contributed by atoms with E-state index in [9.17, 15) is 0 Å². The number of thiophene rings is 1. The van der Waals surface area contributed by atoms with Gasteiger partial charge in [-0.3, -0.25) is 14.3 Å². The van der Waals surface area contributed by atoms with E-state index in [1.807, 2.05) is 53.5 Å². The van der Waals surface area contributed by atoms with E-state index in [0.717, 1.165) is 13.1 Å². The van der Waals surface area contributed by atoms with Crippen molar-refractivity contribution in [3.05, 3.63) is 106 Å². The molecule has 5 aromatic heterocycles. The maximum atomic E-state index is 4.30. The zero-order valence-electron chi connectivity index (χ0n) is 31.3. The summed E-state index contributed by atoms with van der Waals surface area (Å²) in [6, 6.07) is 6.24. The summed E-state index contributed by atoms with van der Waals surface area (Å²) in [5.41, 5.74) is 6.72. The number of rotatable bonds is 8. The smallest absolute Gasteiger partial charge is 0.0536 e. The Balaban J connectivity index is 0.000000298. The van der Waals surface area contributed by atoms with Gasteiger partial charge in [0.05, 0.1) is 18.9 Å². The van der Waals surface area contributed by atoms with Crippen molar-refractivity contribution in [2.75, 3.05) is 20.6 Å². The number of pyridine rings is 1. The average Bonchev–Trinajstić information content (AvgIpc) is 3.86. The molecule has 5 heterocycles. The predicted molar refractivity (Wildman–Crippen MR) is 205 cm³/mol. The third-order valence-corrected chi connectivity index (χ3v) is 8.47. The molecule has 0 spiro atoms. The fraction of sp³-hybridized carbons (Fsp3) is 0.526. The minimum Gasteiger partial charge on any atom is -0.308 e. The molecule has 5 aromatic rings. The second-order valence-corrected chi connectivity index (χ2v) is 14.8. The Morgan fingerprint density at radius 3 is 1.57 bits per heavy atom. The standard InChI is InChI=1S/C10H19N3.C8H11N.C7H12N2.C7H10S.C6H9NS/c1-9(2)10-7-11-13(8-10)6-5-12(3)4;1-7(2)8-4-3-5-9-6-8;1-6(2)7-4-8-9(3)5-7;1-6(2)7-3-4-8-5-7;1-5(2)6-3-7-8-4-6/h7-9H,5-6H2,1-4H3;3-7H,1-2H3;4-6H,1-3H3;3-6H,1-2H3;3-5H,1-2H3. The Bertz CT molecular complexity index is 1360. The lowest BCUT2D eigenvalue weighted by molar-refractivity contribution is 0.373. The Hall–Kier alpha value is -3.14. The van der Waals surface area contributed by atoms with Crippen LogP contribution in [0.5, 0.6) is 0 Å². The van der Waals surface area contributed by atoms with E-state index in [2.05, 4.69) is 142 Å². The maximum absolute atomic E-state index is 4.30. The molecular weight excluding hydrogens is 619 g/mol. The third kappa shape index (κ3) is 18.7. The van der Waals surface area contributed by atoms with E-state index in [1.165, 1.54) is 39.3 Å². The highest BCUT2D eigenvalue weighted by Gasteiger charge is 2.02. The average molecular weight is 680 g/mol. The molecule has 7 nitrogen and oxygen atoms in total. The van der Waals surface area contributed by atoms with Crippen LogP contribution in [-0.4, -0.2) is 54.5 Å². The van der Waals surface area contributed by atoms with Gasteiger partial charge in [-0.1, -0.05) is 75.3 Å². The molecule has 0 saturated carbocycles. The van der Waals surface area contributed by atoms with Crippen LogP contribution >= 0.6 is 22.9 Å². The van der Waals surface area contributed by atoms with Gasteiger partial charge in [0.1, 0.15) is 0 Å². The minimum absolute atomic E-state index is 0.577. The van der Waals surface area contributed by atoms with Gasteiger partial charge in [0.25, 0.3) is 0 Å². The summed E-state index contributed by atoms with van der Waals surface area (Å²) < 4.78 is 7.82. The summed E-state index contributed by atoms with van der Waals surface area (Å²) >= 11 is 3.29. The number of nitrogens with zero attached hydrogens (tertiary/aromatic N) is 7. The third-order valence-electron chi connectivity index (χ3n) is 7.17. The Morgan fingerprint density at radius 2 is 1.26 bits per heavy atom. The highest BCUT2D eigenvalue weighted by Crippen LogP contribution is 2.16. The Labute approximate surface area is 294 Å². The molecule has 5 rings (SSSR count). The lowest BCUT2D eigenvalue weighted by Crippen LogP contribution is -2.18. The first kappa shape index (κ1) is 41.9. The van der Waals surface area contributed by atoms with E-state index >= 15 is 0 Å². The molecule has 0 aliphatic carbocycles. The lowest BCUT2D eigenvalue weighted by atomic mass is 10.1. The highest BCUT2D eigenvalue weighted by atomic mass is 32.1. The first-order chi connectivity index (χ1) is 22.2. The van der Waals surface area contributed by atoms with Gasteiger partial charge in [0, 0.05) is 50.0 Å². The highest BCUT2D eigenvalue weighted by molar-refractivity contribution is 7.08. The molecule has 0 aromatic carbocycles. The van der Waals surface area contributed by atoms with Crippen LogP contribution in [0.1, 0.15) is 127 Å². The summed E-state index contributed by atoms with van der Waals surface area (Å²) in [5, 5.41) is 14.8. The first-order valence-corrected chi connectivity index (χ1v) is 18.5. The van der Waals surface area contributed by atoms with Gasteiger partial charge in [0.2, 0.25) is 0 Å². The molecular formula is C38H61N7S2. The SMILES string of the molecule is CC(C)c1cccnc1.CC(C)c1ccsc1.CC(C)c1cnn(C)c1.CC(C)c1cnn(CCN(C)C)c1.CC(C)c1cnsc1. The monoisotopic (exact) mass is 679 g/mol. The van der Waals surface area contributed by atoms with Gasteiger partial charge >= 0.3 is 0 Å². The van der Waals surface area contributed by atoms with Crippen molar-refractivity contribution in [2.24, 2.45) is 7.05 Å². The normalized spacial score (nSPS) is 10.7. The van der Waals surface area contributed by atoms with Crippen LogP contribution in [-0.2, 0) is 13.6 Å². The Kier molecular flexibility index (Phi) is 20.7. The summed E-state index contributed by atoms with van der Waals surface area (Å²) in [6.45, 7) is 23.8. The molecule has 0 unspecified atom stereocenters. The summed E-state index contributed by atoms with van der Waals surface area (Å²) in [7, 11) is 6.09. The minimum atomic E-state index is 0.577. The lowest BCUT2D eigenvalue weighted by Gasteiger charge is -2.08. The van der Waals surface area contributed by atoms with E-state index in [4.69, 9.17) is 0 Å².